The molecule has 1 aliphatic rings. The SMILES string of the molecule is CCC(C)OC1Oc2ccccc2O1. The van der Waals surface area contributed by atoms with E-state index in [0.717, 1.165) is 17.9 Å². The molecule has 0 aromatic heterocycles. The van der Waals surface area contributed by atoms with Crippen LogP contribution in [0.2, 0.25) is 0 Å². The van der Waals surface area contributed by atoms with Gasteiger partial charge in [-0.15, -0.1) is 0 Å². The Morgan fingerprint density at radius 2 is 1.86 bits per heavy atom. The van der Waals surface area contributed by atoms with Gasteiger partial charge in [0.25, 0.3) is 0 Å². The second-order valence-electron chi connectivity index (χ2n) is 3.33. The smallest absolute Gasteiger partial charge is 0.361 e. The van der Waals surface area contributed by atoms with E-state index in [9.17, 15) is 0 Å². The van der Waals surface area contributed by atoms with Gasteiger partial charge in [0.05, 0.1) is 6.10 Å². The Morgan fingerprint density at radius 1 is 1.29 bits per heavy atom. The molecular formula is C11H14O3. The van der Waals surface area contributed by atoms with Crippen molar-refractivity contribution in [3.8, 4) is 11.5 Å². The maximum atomic E-state index is 5.50. The molecule has 0 N–H and O–H groups in total. The summed E-state index contributed by atoms with van der Waals surface area (Å²) in [5.74, 6) is 1.50. The summed E-state index contributed by atoms with van der Waals surface area (Å²) in [5.41, 5.74) is 0. The summed E-state index contributed by atoms with van der Waals surface area (Å²) in [7, 11) is 0. The van der Waals surface area contributed by atoms with E-state index in [1.165, 1.54) is 0 Å². The molecule has 14 heavy (non-hydrogen) atoms. The van der Waals surface area contributed by atoms with Crippen LogP contribution in [0.3, 0.4) is 0 Å². The van der Waals surface area contributed by atoms with Crippen LogP contribution < -0.4 is 9.47 Å². The first-order valence-corrected chi connectivity index (χ1v) is 4.87. The molecule has 0 fully saturated rings. The van der Waals surface area contributed by atoms with Gasteiger partial charge in [-0.2, -0.15) is 0 Å². The van der Waals surface area contributed by atoms with Crippen LogP contribution in [0.25, 0.3) is 0 Å². The summed E-state index contributed by atoms with van der Waals surface area (Å²) >= 11 is 0. The first-order valence-electron chi connectivity index (χ1n) is 4.87. The minimum Gasteiger partial charge on any atom is -0.428 e. The molecule has 1 atom stereocenters. The van der Waals surface area contributed by atoms with Crippen molar-refractivity contribution in [3.63, 3.8) is 0 Å². The quantitative estimate of drug-likeness (QED) is 0.740. The molecule has 0 bridgehead atoms. The molecule has 1 aromatic rings. The topological polar surface area (TPSA) is 27.7 Å². The lowest BCUT2D eigenvalue weighted by Crippen LogP contribution is -2.26. The third-order valence-corrected chi connectivity index (χ3v) is 2.21. The average Bonchev–Trinajstić information content (AvgIpc) is 2.59. The van der Waals surface area contributed by atoms with Gasteiger partial charge < -0.3 is 14.2 Å². The van der Waals surface area contributed by atoms with Crippen molar-refractivity contribution in [2.45, 2.75) is 32.8 Å². The second kappa shape index (κ2) is 3.88. The highest BCUT2D eigenvalue weighted by Gasteiger charge is 2.25. The zero-order valence-electron chi connectivity index (χ0n) is 8.40. The fourth-order valence-corrected chi connectivity index (χ4v) is 1.22. The van der Waals surface area contributed by atoms with Crippen molar-refractivity contribution < 1.29 is 14.2 Å². The fraction of sp³-hybridized carbons (Fsp3) is 0.455. The molecule has 0 radical (unpaired) electrons. The van der Waals surface area contributed by atoms with Gasteiger partial charge in [0.1, 0.15) is 0 Å². The minimum absolute atomic E-state index is 0.148. The Hall–Kier alpha value is -1.22. The lowest BCUT2D eigenvalue weighted by molar-refractivity contribution is -0.200. The summed E-state index contributed by atoms with van der Waals surface area (Å²) in [4.78, 5) is 0. The Bertz CT molecular complexity index is 286. The van der Waals surface area contributed by atoms with Gasteiger partial charge in [-0.05, 0) is 25.5 Å². The van der Waals surface area contributed by atoms with Crippen molar-refractivity contribution in [2.24, 2.45) is 0 Å². The monoisotopic (exact) mass is 194 g/mol. The molecule has 0 amide bonds. The molecule has 0 aliphatic carbocycles. The fourth-order valence-electron chi connectivity index (χ4n) is 1.22. The first kappa shape index (κ1) is 9.34. The number of hydrogen-bond acceptors (Lipinski definition) is 3. The Kier molecular flexibility index (Phi) is 2.59. The molecule has 1 heterocycles. The van der Waals surface area contributed by atoms with Gasteiger partial charge in [-0.3, -0.25) is 0 Å². The van der Waals surface area contributed by atoms with Gasteiger partial charge in [-0.25, -0.2) is 0 Å². The molecular weight excluding hydrogens is 180 g/mol. The van der Waals surface area contributed by atoms with Gasteiger partial charge in [0, 0.05) is 0 Å². The highest BCUT2D eigenvalue weighted by Crippen LogP contribution is 2.34. The summed E-state index contributed by atoms with van der Waals surface area (Å²) < 4.78 is 16.4. The normalized spacial score (nSPS) is 17.0. The standard InChI is InChI=1S/C11H14O3/c1-3-8(2)12-11-13-9-6-4-5-7-10(9)14-11/h4-8,11H,3H2,1-2H3. The Balaban J connectivity index is 1.98. The molecule has 0 spiro atoms. The average molecular weight is 194 g/mol. The highest BCUT2D eigenvalue weighted by molar-refractivity contribution is 5.41. The lowest BCUT2D eigenvalue weighted by atomic mass is 10.3. The first-order chi connectivity index (χ1) is 6.79. The van der Waals surface area contributed by atoms with Gasteiger partial charge in [-0.1, -0.05) is 19.1 Å². The van der Waals surface area contributed by atoms with Crippen LogP contribution >= 0.6 is 0 Å². The maximum Gasteiger partial charge on any atom is 0.361 e. The predicted octanol–water partition coefficient (Wildman–Crippen LogP) is 2.56. The van der Waals surface area contributed by atoms with Crippen LogP contribution in [0.5, 0.6) is 11.5 Å². The summed E-state index contributed by atoms with van der Waals surface area (Å²) in [6.45, 7) is 3.48. The van der Waals surface area contributed by atoms with Crippen LogP contribution in [0.4, 0.5) is 0 Å². The number of hydrogen-bond donors (Lipinski definition) is 0. The maximum absolute atomic E-state index is 5.50. The van der Waals surface area contributed by atoms with E-state index in [1.807, 2.05) is 31.2 Å². The van der Waals surface area contributed by atoms with Crippen molar-refractivity contribution in [1.82, 2.24) is 0 Å². The van der Waals surface area contributed by atoms with Crippen LogP contribution in [-0.4, -0.2) is 12.6 Å². The molecule has 2 rings (SSSR count). The Labute approximate surface area is 83.6 Å². The van der Waals surface area contributed by atoms with Gasteiger partial charge in [0.15, 0.2) is 11.5 Å². The van der Waals surface area contributed by atoms with E-state index >= 15 is 0 Å². The minimum atomic E-state index is -0.581. The van der Waals surface area contributed by atoms with Crippen molar-refractivity contribution in [3.05, 3.63) is 24.3 Å². The molecule has 3 nitrogen and oxygen atoms in total. The molecule has 0 saturated heterocycles. The van der Waals surface area contributed by atoms with E-state index in [2.05, 4.69) is 6.92 Å². The summed E-state index contributed by atoms with van der Waals surface area (Å²) in [6, 6.07) is 7.56. The number of benzene rings is 1. The van der Waals surface area contributed by atoms with Crippen LogP contribution in [0.15, 0.2) is 24.3 Å². The molecule has 0 saturated carbocycles. The number of rotatable bonds is 3. The second-order valence-corrected chi connectivity index (χ2v) is 3.33. The van der Waals surface area contributed by atoms with E-state index in [4.69, 9.17) is 14.2 Å². The highest BCUT2D eigenvalue weighted by atomic mass is 16.9. The number of para-hydroxylation sites is 2. The molecule has 3 heteroatoms. The molecule has 1 aliphatic heterocycles. The molecule has 1 unspecified atom stereocenters. The summed E-state index contributed by atoms with van der Waals surface area (Å²) in [5, 5.41) is 0. The van der Waals surface area contributed by atoms with Crippen molar-refractivity contribution in [1.29, 1.82) is 0 Å². The number of ether oxygens (including phenoxy) is 3. The molecule has 76 valence electrons. The lowest BCUT2D eigenvalue weighted by Gasteiger charge is -2.15. The zero-order chi connectivity index (χ0) is 9.97. The van der Waals surface area contributed by atoms with E-state index in [-0.39, 0.29) is 6.10 Å². The van der Waals surface area contributed by atoms with Crippen molar-refractivity contribution >= 4 is 0 Å². The van der Waals surface area contributed by atoms with E-state index < -0.39 is 6.48 Å². The van der Waals surface area contributed by atoms with E-state index in [1.54, 1.807) is 0 Å². The van der Waals surface area contributed by atoms with E-state index in [0.29, 0.717) is 0 Å². The van der Waals surface area contributed by atoms with Gasteiger partial charge >= 0.3 is 6.48 Å². The summed E-state index contributed by atoms with van der Waals surface area (Å²) in [6.07, 6.45) is 1.09. The van der Waals surface area contributed by atoms with Crippen molar-refractivity contribution in [2.75, 3.05) is 0 Å². The Morgan fingerprint density at radius 3 is 2.36 bits per heavy atom. The third-order valence-electron chi connectivity index (χ3n) is 2.21. The van der Waals surface area contributed by atoms with Crippen LogP contribution in [0.1, 0.15) is 20.3 Å². The zero-order valence-corrected chi connectivity index (χ0v) is 8.40. The number of fused-ring (bicyclic) bond motifs is 1. The third kappa shape index (κ3) is 1.82. The largest absolute Gasteiger partial charge is 0.428 e. The molecule has 1 aromatic carbocycles. The van der Waals surface area contributed by atoms with Crippen LogP contribution in [0, 0.1) is 0 Å². The van der Waals surface area contributed by atoms with Gasteiger partial charge in [0.2, 0.25) is 0 Å². The van der Waals surface area contributed by atoms with Crippen LogP contribution in [-0.2, 0) is 4.74 Å². The predicted molar refractivity (Wildman–Crippen MR) is 52.3 cm³/mol.